The fraction of sp³-hybridized carbons (Fsp3) is 0.300. The number of amides is 1. The largest absolute Gasteiger partial charge is 0.398 e. The van der Waals surface area contributed by atoms with Crippen LogP contribution in [-0.4, -0.2) is 11.9 Å². The van der Waals surface area contributed by atoms with Gasteiger partial charge in [-0.3, -0.25) is 4.79 Å². The maximum atomic E-state index is 11.6. The van der Waals surface area contributed by atoms with Crippen molar-refractivity contribution in [1.82, 2.24) is 5.32 Å². The van der Waals surface area contributed by atoms with Gasteiger partial charge in [0.25, 0.3) is 5.91 Å². The molecule has 0 saturated heterocycles. The number of nitrogens with one attached hydrogen (secondary N) is 1. The molecule has 0 atom stereocenters. The Morgan fingerprint density at radius 3 is 2.64 bits per heavy atom. The zero-order valence-electron chi connectivity index (χ0n) is 8.17. The van der Waals surface area contributed by atoms with E-state index in [0.717, 1.165) is 4.47 Å². The van der Waals surface area contributed by atoms with Crippen LogP contribution in [0, 0.1) is 0 Å². The highest BCUT2D eigenvalue weighted by Crippen LogP contribution is 2.18. The average Bonchev–Trinajstić information content (AvgIpc) is 2.01. The van der Waals surface area contributed by atoms with Crippen LogP contribution in [0.25, 0.3) is 0 Å². The van der Waals surface area contributed by atoms with Crippen LogP contribution in [0.4, 0.5) is 5.69 Å². The quantitative estimate of drug-likeness (QED) is 0.798. The molecule has 0 aliphatic heterocycles. The van der Waals surface area contributed by atoms with Gasteiger partial charge in [-0.25, -0.2) is 0 Å². The molecule has 0 radical (unpaired) electrons. The van der Waals surface area contributed by atoms with Gasteiger partial charge in [0.2, 0.25) is 0 Å². The summed E-state index contributed by atoms with van der Waals surface area (Å²) in [6.45, 7) is 3.82. The molecule has 0 fully saturated rings. The third kappa shape index (κ3) is 2.73. The van der Waals surface area contributed by atoms with Crippen LogP contribution in [0.2, 0.25) is 0 Å². The topological polar surface area (TPSA) is 55.1 Å². The SMILES string of the molecule is CC(C)NC(=O)c1ccc(Br)cc1N. The lowest BCUT2D eigenvalue weighted by Crippen LogP contribution is -2.30. The molecule has 3 N–H and O–H groups in total. The van der Waals surface area contributed by atoms with Crippen molar-refractivity contribution in [3.05, 3.63) is 28.2 Å². The van der Waals surface area contributed by atoms with Crippen LogP contribution in [0.5, 0.6) is 0 Å². The Labute approximate surface area is 91.8 Å². The highest BCUT2D eigenvalue weighted by molar-refractivity contribution is 9.10. The van der Waals surface area contributed by atoms with Crippen molar-refractivity contribution in [3.8, 4) is 0 Å². The first-order chi connectivity index (χ1) is 6.50. The van der Waals surface area contributed by atoms with Crippen LogP contribution >= 0.6 is 15.9 Å². The van der Waals surface area contributed by atoms with Crippen molar-refractivity contribution < 1.29 is 4.79 Å². The minimum atomic E-state index is -0.134. The standard InChI is InChI=1S/C10H13BrN2O/c1-6(2)13-10(14)8-4-3-7(11)5-9(8)12/h3-6H,12H2,1-2H3,(H,13,14). The Hall–Kier alpha value is -1.03. The Bertz CT molecular complexity index is 350. The van der Waals surface area contributed by atoms with Gasteiger partial charge in [-0.2, -0.15) is 0 Å². The molecule has 0 aliphatic rings. The molecule has 14 heavy (non-hydrogen) atoms. The summed E-state index contributed by atoms with van der Waals surface area (Å²) in [5.41, 5.74) is 6.71. The predicted octanol–water partition coefficient (Wildman–Crippen LogP) is 2.17. The van der Waals surface area contributed by atoms with Gasteiger partial charge in [0, 0.05) is 16.2 Å². The summed E-state index contributed by atoms with van der Waals surface area (Å²) in [6.07, 6.45) is 0. The molecule has 76 valence electrons. The number of benzene rings is 1. The monoisotopic (exact) mass is 256 g/mol. The summed E-state index contributed by atoms with van der Waals surface area (Å²) >= 11 is 3.28. The smallest absolute Gasteiger partial charge is 0.253 e. The zero-order chi connectivity index (χ0) is 10.7. The van der Waals surface area contributed by atoms with E-state index in [1.54, 1.807) is 18.2 Å². The molecule has 0 heterocycles. The van der Waals surface area contributed by atoms with E-state index in [4.69, 9.17) is 5.73 Å². The van der Waals surface area contributed by atoms with E-state index in [-0.39, 0.29) is 11.9 Å². The number of hydrogen-bond acceptors (Lipinski definition) is 2. The number of carbonyl (C=O) groups is 1. The second-order valence-electron chi connectivity index (χ2n) is 3.36. The van der Waals surface area contributed by atoms with Crippen molar-refractivity contribution in [2.75, 3.05) is 5.73 Å². The van der Waals surface area contributed by atoms with Crippen LogP contribution in [0.3, 0.4) is 0 Å². The van der Waals surface area contributed by atoms with E-state index in [0.29, 0.717) is 11.3 Å². The Balaban J connectivity index is 2.90. The first-order valence-corrected chi connectivity index (χ1v) is 5.16. The Kier molecular flexibility index (Phi) is 3.52. The summed E-state index contributed by atoms with van der Waals surface area (Å²) in [7, 11) is 0. The highest BCUT2D eigenvalue weighted by atomic mass is 79.9. The van der Waals surface area contributed by atoms with E-state index in [1.807, 2.05) is 13.8 Å². The molecule has 1 aromatic carbocycles. The van der Waals surface area contributed by atoms with Gasteiger partial charge in [-0.15, -0.1) is 0 Å². The van der Waals surface area contributed by atoms with Gasteiger partial charge in [-0.05, 0) is 32.0 Å². The molecule has 3 nitrogen and oxygen atoms in total. The first kappa shape index (κ1) is 11.0. The fourth-order valence-electron chi connectivity index (χ4n) is 1.08. The number of hydrogen-bond donors (Lipinski definition) is 2. The predicted molar refractivity (Wildman–Crippen MR) is 61.2 cm³/mol. The average molecular weight is 257 g/mol. The second kappa shape index (κ2) is 4.46. The highest BCUT2D eigenvalue weighted by Gasteiger charge is 2.10. The number of rotatable bonds is 2. The third-order valence-corrected chi connectivity index (χ3v) is 2.17. The minimum Gasteiger partial charge on any atom is -0.398 e. The molecule has 1 rings (SSSR count). The first-order valence-electron chi connectivity index (χ1n) is 4.36. The Morgan fingerprint density at radius 1 is 1.50 bits per heavy atom. The van der Waals surface area contributed by atoms with Crippen LogP contribution < -0.4 is 11.1 Å². The molecule has 0 spiro atoms. The van der Waals surface area contributed by atoms with E-state index in [1.165, 1.54) is 0 Å². The van der Waals surface area contributed by atoms with Gasteiger partial charge in [0.05, 0.1) is 5.56 Å². The number of nitrogen functional groups attached to an aromatic ring is 1. The molecule has 0 aliphatic carbocycles. The summed E-state index contributed by atoms with van der Waals surface area (Å²) < 4.78 is 0.871. The lowest BCUT2D eigenvalue weighted by Gasteiger charge is -2.10. The molecule has 0 aromatic heterocycles. The summed E-state index contributed by atoms with van der Waals surface area (Å²) in [6, 6.07) is 5.34. The molecule has 0 saturated carbocycles. The van der Waals surface area contributed by atoms with Crippen molar-refractivity contribution >= 4 is 27.5 Å². The second-order valence-corrected chi connectivity index (χ2v) is 4.28. The summed E-state index contributed by atoms with van der Waals surface area (Å²) in [5, 5.41) is 2.79. The van der Waals surface area contributed by atoms with Gasteiger partial charge >= 0.3 is 0 Å². The molecular formula is C10H13BrN2O. The molecule has 4 heteroatoms. The molecule has 1 aromatic rings. The number of carbonyl (C=O) groups excluding carboxylic acids is 1. The molecule has 1 amide bonds. The van der Waals surface area contributed by atoms with Crippen molar-refractivity contribution in [3.63, 3.8) is 0 Å². The number of nitrogens with two attached hydrogens (primary N) is 1. The summed E-state index contributed by atoms with van der Waals surface area (Å²) in [5.74, 6) is -0.134. The molecule has 0 unspecified atom stereocenters. The maximum absolute atomic E-state index is 11.6. The van der Waals surface area contributed by atoms with Crippen LogP contribution in [-0.2, 0) is 0 Å². The van der Waals surface area contributed by atoms with Gasteiger partial charge < -0.3 is 11.1 Å². The van der Waals surface area contributed by atoms with E-state index in [9.17, 15) is 4.79 Å². The molecule has 0 bridgehead atoms. The summed E-state index contributed by atoms with van der Waals surface area (Å²) in [4.78, 5) is 11.6. The van der Waals surface area contributed by atoms with Crippen molar-refractivity contribution in [1.29, 1.82) is 0 Å². The van der Waals surface area contributed by atoms with Gasteiger partial charge in [0.1, 0.15) is 0 Å². The Morgan fingerprint density at radius 2 is 2.14 bits per heavy atom. The van der Waals surface area contributed by atoms with Crippen LogP contribution in [0.1, 0.15) is 24.2 Å². The van der Waals surface area contributed by atoms with Crippen molar-refractivity contribution in [2.45, 2.75) is 19.9 Å². The lowest BCUT2D eigenvalue weighted by molar-refractivity contribution is 0.0944. The van der Waals surface area contributed by atoms with Crippen molar-refractivity contribution in [2.24, 2.45) is 0 Å². The molecular weight excluding hydrogens is 244 g/mol. The van der Waals surface area contributed by atoms with Gasteiger partial charge in [0.15, 0.2) is 0 Å². The lowest BCUT2D eigenvalue weighted by atomic mass is 10.1. The van der Waals surface area contributed by atoms with E-state index >= 15 is 0 Å². The van der Waals surface area contributed by atoms with E-state index in [2.05, 4.69) is 21.2 Å². The van der Waals surface area contributed by atoms with Crippen LogP contribution in [0.15, 0.2) is 22.7 Å². The fourth-order valence-corrected chi connectivity index (χ4v) is 1.46. The number of halogens is 1. The van der Waals surface area contributed by atoms with Gasteiger partial charge in [-0.1, -0.05) is 15.9 Å². The maximum Gasteiger partial charge on any atom is 0.253 e. The minimum absolute atomic E-state index is 0.116. The van der Waals surface area contributed by atoms with E-state index < -0.39 is 0 Å². The number of anilines is 1. The third-order valence-electron chi connectivity index (χ3n) is 1.68. The normalized spacial score (nSPS) is 10.3. The zero-order valence-corrected chi connectivity index (χ0v) is 9.76.